The van der Waals surface area contributed by atoms with Crippen molar-refractivity contribution in [2.75, 3.05) is 4.72 Å². The summed E-state index contributed by atoms with van der Waals surface area (Å²) in [6, 6.07) is 2.12. The van der Waals surface area contributed by atoms with E-state index in [2.05, 4.69) is 15.2 Å². The van der Waals surface area contributed by atoms with Crippen molar-refractivity contribution < 1.29 is 13.3 Å². The van der Waals surface area contributed by atoms with Gasteiger partial charge in [0.1, 0.15) is 21.3 Å². The van der Waals surface area contributed by atoms with Crippen LogP contribution in [0.25, 0.3) is 0 Å². The molecule has 9 nitrogen and oxygen atoms in total. The van der Waals surface area contributed by atoms with Crippen LogP contribution in [0.2, 0.25) is 10.0 Å². The average Bonchev–Trinajstić information content (AvgIpc) is 2.79. The molecule has 2 N–H and O–H groups in total. The minimum absolute atomic E-state index is 0.154. The van der Waals surface area contributed by atoms with Gasteiger partial charge in [0.15, 0.2) is 0 Å². The lowest BCUT2D eigenvalue weighted by Gasteiger charge is -2.07. The number of hydrogen-bond donors (Lipinski definition) is 2. The molecule has 0 radical (unpaired) electrons. The Morgan fingerprint density at radius 3 is 2.60 bits per heavy atom. The maximum absolute atomic E-state index is 12.1. The highest BCUT2D eigenvalue weighted by atomic mass is 35.5. The van der Waals surface area contributed by atoms with E-state index < -0.39 is 30.6 Å². The van der Waals surface area contributed by atoms with E-state index >= 15 is 0 Å². The second-order valence-corrected chi connectivity index (χ2v) is 5.84. The van der Waals surface area contributed by atoms with E-state index in [0.29, 0.717) is 0 Å². The van der Waals surface area contributed by atoms with Gasteiger partial charge in [0, 0.05) is 0 Å². The smallest absolute Gasteiger partial charge is 0.258 e. The Labute approximate surface area is 122 Å². The maximum Gasteiger partial charge on any atom is 0.307 e. The Bertz CT molecular complexity index is 761. The quantitative estimate of drug-likeness (QED) is 0.646. The molecule has 12 heteroatoms. The summed E-state index contributed by atoms with van der Waals surface area (Å²) in [5.74, 6) is -0.154. The summed E-state index contributed by atoms with van der Waals surface area (Å²) >= 11 is 11.4. The number of anilines is 1. The molecule has 2 aromatic rings. The van der Waals surface area contributed by atoms with Gasteiger partial charge in [-0.15, -0.1) is 0 Å². The summed E-state index contributed by atoms with van der Waals surface area (Å²) in [5, 5.41) is 15.7. The number of sulfonamides is 1. The lowest BCUT2D eigenvalue weighted by molar-refractivity contribution is -0.384. The number of benzene rings is 1. The van der Waals surface area contributed by atoms with Crippen LogP contribution in [-0.2, 0) is 10.0 Å². The fourth-order valence-electron chi connectivity index (χ4n) is 1.33. The van der Waals surface area contributed by atoms with Gasteiger partial charge >= 0.3 is 5.69 Å². The number of aromatic nitrogens is 3. The Morgan fingerprint density at radius 1 is 1.35 bits per heavy atom. The van der Waals surface area contributed by atoms with Crippen molar-refractivity contribution >= 4 is 44.9 Å². The zero-order valence-electron chi connectivity index (χ0n) is 9.37. The second kappa shape index (κ2) is 5.23. The number of aromatic amines is 1. The molecule has 0 bridgehead atoms. The highest BCUT2D eigenvalue weighted by Crippen LogP contribution is 2.37. The first-order valence-electron chi connectivity index (χ1n) is 4.83. The highest BCUT2D eigenvalue weighted by molar-refractivity contribution is 7.92. The maximum atomic E-state index is 12.1. The fraction of sp³-hybridized carbons (Fsp3) is 0. The standard InChI is InChI=1S/C8H5Cl2N5O4S/c9-4-1-2-5(6(10)7(4)15(16)17)20(18,19)14-8-11-3-12-13-8/h1-3H,(H2,11,12,13,14). The molecule has 2 rings (SSSR count). The fourth-order valence-corrected chi connectivity index (χ4v) is 3.19. The number of nitrogens with zero attached hydrogens (tertiary/aromatic N) is 3. The number of rotatable bonds is 4. The van der Waals surface area contributed by atoms with Crippen molar-refractivity contribution in [1.82, 2.24) is 15.2 Å². The Balaban J connectivity index is 2.53. The van der Waals surface area contributed by atoms with Gasteiger partial charge in [-0.25, -0.2) is 18.2 Å². The summed E-state index contributed by atoms with van der Waals surface area (Å²) in [7, 11) is -4.17. The topological polar surface area (TPSA) is 131 Å². The molecular formula is C8H5Cl2N5O4S. The predicted octanol–water partition coefficient (Wildman–Crippen LogP) is 1.82. The van der Waals surface area contributed by atoms with Crippen LogP contribution in [0.4, 0.5) is 11.6 Å². The van der Waals surface area contributed by atoms with Crippen LogP contribution in [0.15, 0.2) is 23.4 Å². The van der Waals surface area contributed by atoms with Gasteiger partial charge in [-0.3, -0.25) is 10.1 Å². The zero-order chi connectivity index (χ0) is 14.9. The van der Waals surface area contributed by atoms with Gasteiger partial charge in [-0.1, -0.05) is 23.2 Å². The van der Waals surface area contributed by atoms with Crippen molar-refractivity contribution in [2.45, 2.75) is 4.90 Å². The van der Waals surface area contributed by atoms with Gasteiger partial charge in [-0.2, -0.15) is 10.1 Å². The number of nitro benzene ring substituents is 1. The molecule has 0 unspecified atom stereocenters. The molecular weight excluding hydrogens is 333 g/mol. The number of hydrogen-bond acceptors (Lipinski definition) is 6. The Kier molecular flexibility index (Phi) is 3.79. The van der Waals surface area contributed by atoms with Crippen LogP contribution in [-0.4, -0.2) is 28.5 Å². The third kappa shape index (κ3) is 2.66. The van der Waals surface area contributed by atoms with E-state index in [-0.39, 0.29) is 11.0 Å². The zero-order valence-corrected chi connectivity index (χ0v) is 11.7. The monoisotopic (exact) mass is 337 g/mol. The van der Waals surface area contributed by atoms with Gasteiger partial charge < -0.3 is 0 Å². The average molecular weight is 338 g/mol. The predicted molar refractivity (Wildman–Crippen MR) is 70.3 cm³/mol. The van der Waals surface area contributed by atoms with Crippen LogP contribution >= 0.6 is 23.2 Å². The van der Waals surface area contributed by atoms with E-state index in [4.69, 9.17) is 23.2 Å². The van der Waals surface area contributed by atoms with Crippen molar-refractivity contribution in [3.63, 3.8) is 0 Å². The van der Waals surface area contributed by atoms with E-state index in [9.17, 15) is 18.5 Å². The molecule has 0 spiro atoms. The number of H-pyrrole nitrogens is 1. The Hall–Kier alpha value is -1.91. The molecule has 0 aliphatic carbocycles. The van der Waals surface area contributed by atoms with Crippen molar-refractivity contribution in [2.24, 2.45) is 0 Å². The largest absolute Gasteiger partial charge is 0.307 e. The lowest BCUT2D eigenvalue weighted by atomic mass is 10.3. The lowest BCUT2D eigenvalue weighted by Crippen LogP contribution is -2.15. The number of nitrogens with one attached hydrogen (secondary N) is 2. The van der Waals surface area contributed by atoms with Crippen molar-refractivity contribution in [1.29, 1.82) is 0 Å². The molecule has 0 fully saturated rings. The molecule has 20 heavy (non-hydrogen) atoms. The number of halogens is 2. The molecule has 0 saturated carbocycles. The summed E-state index contributed by atoms with van der Waals surface area (Å²) in [5.41, 5.74) is -0.686. The third-order valence-electron chi connectivity index (χ3n) is 2.15. The van der Waals surface area contributed by atoms with Gasteiger partial charge in [-0.05, 0) is 12.1 Å². The summed E-state index contributed by atoms with van der Waals surface area (Å²) in [6.07, 6.45) is 1.09. The first-order chi connectivity index (χ1) is 9.33. The molecule has 0 amide bonds. The minimum Gasteiger partial charge on any atom is -0.258 e. The molecule has 1 aromatic carbocycles. The van der Waals surface area contributed by atoms with E-state index in [1.165, 1.54) is 0 Å². The van der Waals surface area contributed by atoms with E-state index in [1.807, 2.05) is 4.72 Å². The first kappa shape index (κ1) is 14.5. The van der Waals surface area contributed by atoms with E-state index in [1.54, 1.807) is 0 Å². The molecule has 1 aromatic heterocycles. The van der Waals surface area contributed by atoms with Crippen LogP contribution in [0.1, 0.15) is 0 Å². The SMILES string of the molecule is O=[N+]([O-])c1c(Cl)ccc(S(=O)(=O)Nc2ncn[nH]2)c1Cl. The molecule has 0 saturated heterocycles. The van der Waals surface area contributed by atoms with Crippen molar-refractivity contribution in [3.05, 3.63) is 38.6 Å². The first-order valence-corrected chi connectivity index (χ1v) is 7.07. The minimum atomic E-state index is -4.17. The summed E-state index contributed by atoms with van der Waals surface area (Å²) < 4.78 is 26.1. The normalized spacial score (nSPS) is 11.3. The molecule has 0 atom stereocenters. The van der Waals surface area contributed by atoms with Crippen LogP contribution in [0.5, 0.6) is 0 Å². The van der Waals surface area contributed by atoms with Crippen molar-refractivity contribution in [3.8, 4) is 0 Å². The van der Waals surface area contributed by atoms with E-state index in [0.717, 1.165) is 18.5 Å². The molecule has 106 valence electrons. The summed E-state index contributed by atoms with van der Waals surface area (Å²) in [4.78, 5) is 13.0. The van der Waals surface area contributed by atoms with Crippen LogP contribution in [0, 0.1) is 10.1 Å². The Morgan fingerprint density at radius 2 is 2.05 bits per heavy atom. The van der Waals surface area contributed by atoms with Crippen LogP contribution in [0.3, 0.4) is 0 Å². The molecule has 1 heterocycles. The summed E-state index contributed by atoms with van der Waals surface area (Å²) in [6.45, 7) is 0. The van der Waals surface area contributed by atoms with Gasteiger partial charge in [0.25, 0.3) is 10.0 Å². The second-order valence-electron chi connectivity index (χ2n) is 3.40. The number of nitro groups is 1. The van der Waals surface area contributed by atoms with Gasteiger partial charge in [0.2, 0.25) is 5.95 Å². The highest BCUT2D eigenvalue weighted by Gasteiger charge is 2.28. The molecule has 0 aliphatic rings. The van der Waals surface area contributed by atoms with Gasteiger partial charge in [0.05, 0.1) is 4.92 Å². The molecule has 0 aliphatic heterocycles. The van der Waals surface area contributed by atoms with Crippen LogP contribution < -0.4 is 4.72 Å². The third-order valence-corrected chi connectivity index (χ3v) is 4.33.